The normalized spacial score (nSPS) is 17.1. The van der Waals surface area contributed by atoms with E-state index in [2.05, 4.69) is 37.5 Å². The number of hydrogen-bond donors (Lipinski definition) is 2. The monoisotopic (exact) mass is 534 g/mol. The van der Waals surface area contributed by atoms with Gasteiger partial charge in [0, 0.05) is 31.6 Å². The summed E-state index contributed by atoms with van der Waals surface area (Å²) in [6, 6.07) is 0. The Morgan fingerprint density at radius 2 is 2.04 bits per heavy atom. The number of thiazole rings is 1. The Labute approximate surface area is 186 Å². The first-order valence-electron chi connectivity index (χ1n) is 9.33. The van der Waals surface area contributed by atoms with E-state index in [0.29, 0.717) is 17.5 Å². The molecule has 162 valence electrons. The number of guanidine groups is 1. The molecule has 0 amide bonds. The number of aromatic nitrogens is 1. The average molecular weight is 534 g/mol. The smallest absolute Gasteiger partial charge is 0.357 e. The van der Waals surface area contributed by atoms with Crippen LogP contribution >= 0.6 is 35.3 Å². The molecule has 1 aromatic rings. The number of nitrogens with one attached hydrogen (secondary N) is 2. The van der Waals surface area contributed by atoms with Crippen LogP contribution in [0, 0.1) is 0 Å². The van der Waals surface area contributed by atoms with Crippen molar-refractivity contribution in [2.24, 2.45) is 4.99 Å². The summed E-state index contributed by atoms with van der Waals surface area (Å²) < 4.78 is 37.8. The third-order valence-corrected chi connectivity index (χ3v) is 5.15. The fourth-order valence-electron chi connectivity index (χ4n) is 2.84. The fourth-order valence-corrected chi connectivity index (χ4v) is 3.56. The highest BCUT2D eigenvalue weighted by Crippen LogP contribution is 2.30. The Balaban J connectivity index is 0.00000392. The van der Waals surface area contributed by atoms with Gasteiger partial charge in [0.2, 0.25) is 0 Å². The zero-order valence-corrected chi connectivity index (χ0v) is 19.5. The van der Waals surface area contributed by atoms with E-state index in [-0.39, 0.29) is 30.5 Å². The van der Waals surface area contributed by atoms with Crippen LogP contribution < -0.4 is 10.6 Å². The highest BCUT2D eigenvalue weighted by atomic mass is 127. The Hall–Kier alpha value is -0.660. The molecule has 1 saturated heterocycles. The molecule has 28 heavy (non-hydrogen) atoms. The molecule has 0 bridgehead atoms. The van der Waals surface area contributed by atoms with Gasteiger partial charge < -0.3 is 20.4 Å². The van der Waals surface area contributed by atoms with Crippen LogP contribution in [0.3, 0.4) is 0 Å². The minimum absolute atomic E-state index is 0. The number of rotatable bonds is 7. The lowest BCUT2D eigenvalue weighted by atomic mass is 10.3. The van der Waals surface area contributed by atoms with E-state index < -0.39 is 11.9 Å². The molecule has 2 N–H and O–H groups in total. The molecule has 1 aliphatic heterocycles. The third-order valence-electron chi connectivity index (χ3n) is 4.31. The Morgan fingerprint density at radius 3 is 2.71 bits per heavy atom. The topological polar surface area (TPSA) is 55.8 Å². The molecule has 1 aliphatic rings. The maximum absolute atomic E-state index is 12.6. The highest BCUT2D eigenvalue weighted by Gasteiger charge is 2.33. The molecule has 2 heterocycles. The standard InChI is InChI=1S/C17H29F3N6S.HI/c1-3-21-16(23-12-15-24-14(13-27-15)17(18,19)20)22-6-4-8-26-9-5-7-25(2)10-11-26;/h13H,3-12H2,1-2H3,(H2,21,22,23);1H. The zero-order valence-electron chi connectivity index (χ0n) is 16.4. The second kappa shape index (κ2) is 12.8. The molecule has 2 rings (SSSR count). The first-order chi connectivity index (χ1) is 12.9. The maximum Gasteiger partial charge on any atom is 0.434 e. The molecule has 0 saturated carbocycles. The van der Waals surface area contributed by atoms with E-state index in [1.807, 2.05) is 6.92 Å². The van der Waals surface area contributed by atoms with E-state index in [9.17, 15) is 13.2 Å². The predicted molar refractivity (Wildman–Crippen MR) is 119 cm³/mol. The van der Waals surface area contributed by atoms with Gasteiger partial charge in [0.25, 0.3) is 0 Å². The van der Waals surface area contributed by atoms with Crippen molar-refractivity contribution in [2.45, 2.75) is 32.5 Å². The van der Waals surface area contributed by atoms with Crippen molar-refractivity contribution in [3.63, 3.8) is 0 Å². The van der Waals surface area contributed by atoms with Gasteiger partial charge in [-0.2, -0.15) is 13.2 Å². The van der Waals surface area contributed by atoms with Crippen LogP contribution in [0.5, 0.6) is 0 Å². The van der Waals surface area contributed by atoms with E-state index in [4.69, 9.17) is 0 Å². The highest BCUT2D eigenvalue weighted by molar-refractivity contribution is 14.0. The van der Waals surface area contributed by atoms with Gasteiger partial charge in [0.15, 0.2) is 11.7 Å². The molecule has 0 unspecified atom stereocenters. The molecule has 0 aromatic carbocycles. The first-order valence-corrected chi connectivity index (χ1v) is 10.2. The Bertz CT molecular complexity index is 596. The number of likely N-dealkylation sites (N-methyl/N-ethyl adjacent to an activating group) is 1. The van der Waals surface area contributed by atoms with Crippen LogP contribution in [0.2, 0.25) is 0 Å². The summed E-state index contributed by atoms with van der Waals surface area (Å²) in [6.07, 6.45) is -2.21. The van der Waals surface area contributed by atoms with Gasteiger partial charge in [-0.1, -0.05) is 0 Å². The second-order valence-electron chi connectivity index (χ2n) is 6.60. The third kappa shape index (κ3) is 9.23. The van der Waals surface area contributed by atoms with Crippen LogP contribution in [0.1, 0.15) is 30.5 Å². The molecule has 1 fully saturated rings. The van der Waals surface area contributed by atoms with Crippen LogP contribution in [0.4, 0.5) is 13.2 Å². The first kappa shape index (κ1) is 25.4. The summed E-state index contributed by atoms with van der Waals surface area (Å²) in [5.74, 6) is 0.608. The largest absolute Gasteiger partial charge is 0.434 e. The summed E-state index contributed by atoms with van der Waals surface area (Å²) >= 11 is 0.981. The number of alkyl halides is 3. The molecule has 0 atom stereocenters. The van der Waals surface area contributed by atoms with Crippen molar-refractivity contribution >= 4 is 41.3 Å². The van der Waals surface area contributed by atoms with E-state index in [1.165, 1.54) is 6.42 Å². The summed E-state index contributed by atoms with van der Waals surface area (Å²) in [7, 11) is 2.16. The van der Waals surface area contributed by atoms with Gasteiger partial charge in [-0.15, -0.1) is 35.3 Å². The minimum Gasteiger partial charge on any atom is -0.357 e. The summed E-state index contributed by atoms with van der Waals surface area (Å²) in [4.78, 5) is 12.8. The Morgan fingerprint density at radius 1 is 1.25 bits per heavy atom. The summed E-state index contributed by atoms with van der Waals surface area (Å²) in [5, 5.41) is 7.75. The lowest BCUT2D eigenvalue weighted by molar-refractivity contribution is -0.140. The SMILES string of the molecule is CCNC(=NCc1nc(C(F)(F)F)cs1)NCCCN1CCCN(C)CC1.I. The molecule has 11 heteroatoms. The molecule has 0 spiro atoms. The number of nitrogens with zero attached hydrogens (tertiary/aromatic N) is 4. The van der Waals surface area contributed by atoms with E-state index in [1.54, 1.807) is 0 Å². The number of halogens is 4. The van der Waals surface area contributed by atoms with Gasteiger partial charge in [0.1, 0.15) is 5.01 Å². The van der Waals surface area contributed by atoms with Crippen molar-refractivity contribution in [2.75, 3.05) is 52.9 Å². The van der Waals surface area contributed by atoms with Crippen LogP contribution in [0.25, 0.3) is 0 Å². The van der Waals surface area contributed by atoms with Crippen molar-refractivity contribution in [1.29, 1.82) is 0 Å². The molecule has 6 nitrogen and oxygen atoms in total. The van der Waals surface area contributed by atoms with Gasteiger partial charge in [0.05, 0.1) is 6.54 Å². The van der Waals surface area contributed by atoms with E-state index in [0.717, 1.165) is 62.4 Å². The van der Waals surface area contributed by atoms with Crippen molar-refractivity contribution in [3.05, 3.63) is 16.1 Å². The molecular weight excluding hydrogens is 504 g/mol. The molecule has 1 aromatic heterocycles. The quantitative estimate of drug-likeness (QED) is 0.244. The lowest BCUT2D eigenvalue weighted by Crippen LogP contribution is -2.39. The zero-order chi connectivity index (χ0) is 19.7. The molecular formula is C17H30F3IN6S. The van der Waals surface area contributed by atoms with Gasteiger partial charge in [-0.05, 0) is 46.4 Å². The minimum atomic E-state index is -4.40. The maximum atomic E-state index is 12.6. The van der Waals surface area contributed by atoms with Crippen LogP contribution in [-0.4, -0.2) is 73.6 Å². The summed E-state index contributed by atoms with van der Waals surface area (Å²) in [6.45, 7) is 9.05. The predicted octanol–water partition coefficient (Wildman–Crippen LogP) is 2.86. The molecule has 0 radical (unpaired) electrons. The van der Waals surface area contributed by atoms with Gasteiger partial charge in [-0.3, -0.25) is 0 Å². The van der Waals surface area contributed by atoms with Crippen LogP contribution in [-0.2, 0) is 12.7 Å². The van der Waals surface area contributed by atoms with Crippen molar-refractivity contribution in [3.8, 4) is 0 Å². The van der Waals surface area contributed by atoms with Gasteiger partial charge in [-0.25, -0.2) is 9.98 Å². The number of aliphatic imine (C=N–C) groups is 1. The summed E-state index contributed by atoms with van der Waals surface area (Å²) in [5.41, 5.74) is -0.848. The molecule has 0 aliphatic carbocycles. The van der Waals surface area contributed by atoms with Crippen molar-refractivity contribution in [1.82, 2.24) is 25.4 Å². The Kier molecular flexibility index (Phi) is 11.6. The average Bonchev–Trinajstić information content (AvgIpc) is 3.00. The fraction of sp³-hybridized carbons (Fsp3) is 0.765. The van der Waals surface area contributed by atoms with Gasteiger partial charge >= 0.3 is 6.18 Å². The number of hydrogen-bond acceptors (Lipinski definition) is 5. The lowest BCUT2D eigenvalue weighted by Gasteiger charge is -2.20. The van der Waals surface area contributed by atoms with E-state index >= 15 is 0 Å². The van der Waals surface area contributed by atoms with Crippen LogP contribution in [0.15, 0.2) is 10.4 Å². The van der Waals surface area contributed by atoms with Crippen molar-refractivity contribution < 1.29 is 13.2 Å². The second-order valence-corrected chi connectivity index (χ2v) is 7.54.